The number of hydrogen-bond acceptors (Lipinski definition) is 5. The fraction of sp³-hybridized carbons (Fsp3) is 0.444. The molecule has 142 valence electrons. The Balaban J connectivity index is 1.54. The highest BCUT2D eigenvalue weighted by atomic mass is 19.4. The van der Waals surface area contributed by atoms with Crippen molar-refractivity contribution in [1.82, 2.24) is 0 Å². The van der Waals surface area contributed by atoms with Gasteiger partial charge in [0, 0.05) is 0 Å². The molecule has 9 heteroatoms. The maximum Gasteiger partial charge on any atom is 0.416 e. The Kier molecular flexibility index (Phi) is 3.38. The van der Waals surface area contributed by atoms with Crippen LogP contribution in [0.2, 0.25) is 0 Å². The molecule has 1 aromatic carbocycles. The van der Waals surface area contributed by atoms with E-state index in [1.165, 1.54) is 12.1 Å². The van der Waals surface area contributed by atoms with Gasteiger partial charge in [-0.05, 0) is 24.3 Å². The summed E-state index contributed by atoms with van der Waals surface area (Å²) in [5.74, 6) is -2.86. The third-order valence-corrected chi connectivity index (χ3v) is 5.50. The van der Waals surface area contributed by atoms with E-state index >= 15 is 0 Å². The Morgan fingerprint density at radius 3 is 2.56 bits per heavy atom. The highest BCUT2D eigenvalue weighted by Crippen LogP contribution is 2.55. The van der Waals surface area contributed by atoms with Crippen LogP contribution in [0.3, 0.4) is 0 Å². The number of carbonyl (C=O) groups is 2. The van der Waals surface area contributed by atoms with Gasteiger partial charge >= 0.3 is 6.18 Å². The summed E-state index contributed by atoms with van der Waals surface area (Å²) in [7, 11) is 0. The minimum Gasteiger partial charge on any atom is -0.357 e. The topological polar surface area (TPSA) is 65.1 Å². The maximum absolute atomic E-state index is 13.1. The average Bonchev–Trinajstić information content (AvgIpc) is 3.38. The summed E-state index contributed by atoms with van der Waals surface area (Å²) in [5.41, 5.74) is -2.25. The molecule has 0 aliphatic carbocycles. The molecule has 3 saturated heterocycles. The highest BCUT2D eigenvalue weighted by molar-refractivity contribution is 6.23. The molecular formula is C18H14F3NO5. The normalized spacial score (nSPS) is 35.5. The van der Waals surface area contributed by atoms with Crippen molar-refractivity contribution in [2.45, 2.75) is 24.2 Å². The summed E-state index contributed by atoms with van der Waals surface area (Å²) in [5, 5.41) is 0. The maximum atomic E-state index is 13.1. The summed E-state index contributed by atoms with van der Waals surface area (Å²) in [6.07, 6.45) is -2.67. The third-order valence-electron chi connectivity index (χ3n) is 5.50. The molecule has 4 heterocycles. The molecule has 0 radical (unpaired) electrons. The van der Waals surface area contributed by atoms with Gasteiger partial charge < -0.3 is 14.2 Å². The third kappa shape index (κ3) is 2.19. The van der Waals surface area contributed by atoms with Crippen LogP contribution in [0.4, 0.5) is 18.9 Å². The summed E-state index contributed by atoms with van der Waals surface area (Å²) in [6, 6.07) is 4.19. The van der Waals surface area contributed by atoms with Gasteiger partial charge in [0.1, 0.15) is 0 Å². The Bertz CT molecular complexity index is 863. The first-order valence-electron chi connectivity index (χ1n) is 8.48. The van der Waals surface area contributed by atoms with Crippen LogP contribution in [0.5, 0.6) is 0 Å². The van der Waals surface area contributed by atoms with Crippen LogP contribution in [-0.4, -0.2) is 43.0 Å². The van der Waals surface area contributed by atoms with E-state index in [1.807, 2.05) is 0 Å². The van der Waals surface area contributed by atoms with Gasteiger partial charge in [-0.1, -0.05) is 12.1 Å². The lowest BCUT2D eigenvalue weighted by molar-refractivity contribution is -0.180. The number of ether oxygens (including phenoxy) is 3. The smallest absolute Gasteiger partial charge is 0.357 e. The van der Waals surface area contributed by atoms with Crippen molar-refractivity contribution < 1.29 is 37.0 Å². The Labute approximate surface area is 151 Å². The van der Waals surface area contributed by atoms with E-state index in [0.717, 1.165) is 17.0 Å². The first-order chi connectivity index (χ1) is 12.8. The van der Waals surface area contributed by atoms with Crippen LogP contribution in [0.15, 0.2) is 36.4 Å². The molecule has 4 aliphatic heterocycles. The summed E-state index contributed by atoms with van der Waals surface area (Å²) in [4.78, 5) is 26.9. The van der Waals surface area contributed by atoms with Crippen molar-refractivity contribution in [2.75, 3.05) is 18.1 Å². The molecule has 2 bridgehead atoms. The molecule has 0 N–H and O–H groups in total. The quantitative estimate of drug-likeness (QED) is 0.578. The van der Waals surface area contributed by atoms with Gasteiger partial charge in [-0.3, -0.25) is 9.59 Å². The number of hydrogen-bond donors (Lipinski definition) is 0. The van der Waals surface area contributed by atoms with Gasteiger partial charge in [0.25, 0.3) is 0 Å². The molecule has 2 amide bonds. The molecule has 3 fully saturated rings. The lowest BCUT2D eigenvalue weighted by Gasteiger charge is -2.32. The van der Waals surface area contributed by atoms with Gasteiger partial charge in [-0.25, -0.2) is 4.90 Å². The number of nitrogens with zero attached hydrogens (tertiary/aromatic N) is 1. The van der Waals surface area contributed by atoms with Crippen molar-refractivity contribution >= 4 is 17.5 Å². The molecule has 0 aromatic heterocycles. The van der Waals surface area contributed by atoms with Crippen LogP contribution < -0.4 is 4.90 Å². The number of anilines is 1. The molecule has 27 heavy (non-hydrogen) atoms. The van der Waals surface area contributed by atoms with Crippen LogP contribution in [0, 0.1) is 11.8 Å². The fourth-order valence-corrected chi connectivity index (χ4v) is 4.40. The van der Waals surface area contributed by atoms with Crippen LogP contribution in [0.1, 0.15) is 5.56 Å². The van der Waals surface area contributed by atoms with Crippen molar-refractivity contribution in [1.29, 1.82) is 0 Å². The minimum atomic E-state index is -4.58. The van der Waals surface area contributed by atoms with E-state index in [4.69, 9.17) is 14.2 Å². The van der Waals surface area contributed by atoms with Crippen molar-refractivity contribution in [3.05, 3.63) is 42.0 Å². The molecule has 0 saturated carbocycles. The molecule has 0 spiro atoms. The number of carbonyl (C=O) groups excluding carboxylic acids is 2. The van der Waals surface area contributed by atoms with Crippen LogP contribution in [-0.2, 0) is 30.0 Å². The molecule has 5 rings (SSSR count). The monoisotopic (exact) mass is 381 g/mol. The fourth-order valence-electron chi connectivity index (χ4n) is 4.40. The van der Waals surface area contributed by atoms with E-state index in [1.54, 1.807) is 12.2 Å². The standard InChI is InChI=1S/C18H14F3NO5/c19-18(20,21)9-2-1-3-10(8-9)22-14(23)12-11-4-5-17(27-11,13(12)15(22)24)16-25-6-7-26-16/h1-5,8,11-13,16H,6-7H2/t11-,12-,13-,17-/m1/s1. The van der Waals surface area contributed by atoms with Gasteiger partial charge in [0.15, 0.2) is 11.9 Å². The second kappa shape index (κ2) is 5.40. The molecule has 0 unspecified atom stereocenters. The van der Waals surface area contributed by atoms with E-state index in [0.29, 0.717) is 13.2 Å². The van der Waals surface area contributed by atoms with Crippen LogP contribution >= 0.6 is 0 Å². The second-order valence-corrected chi connectivity index (χ2v) is 6.93. The van der Waals surface area contributed by atoms with E-state index in [9.17, 15) is 22.8 Å². The predicted octanol–water partition coefficient (Wildman–Crippen LogP) is 1.89. The zero-order valence-electron chi connectivity index (χ0n) is 13.8. The van der Waals surface area contributed by atoms with E-state index < -0.39 is 53.4 Å². The highest BCUT2D eigenvalue weighted by Gasteiger charge is 2.71. The van der Waals surface area contributed by atoms with Crippen molar-refractivity contribution in [3.8, 4) is 0 Å². The van der Waals surface area contributed by atoms with Crippen LogP contribution in [0.25, 0.3) is 0 Å². The number of fused-ring (bicyclic) bond motifs is 5. The molecule has 6 nitrogen and oxygen atoms in total. The van der Waals surface area contributed by atoms with Crippen molar-refractivity contribution in [2.24, 2.45) is 11.8 Å². The second-order valence-electron chi connectivity index (χ2n) is 6.93. The zero-order chi connectivity index (χ0) is 19.0. The molecular weight excluding hydrogens is 367 g/mol. The molecule has 4 atom stereocenters. The van der Waals surface area contributed by atoms with Gasteiger partial charge in [0.2, 0.25) is 11.8 Å². The number of amides is 2. The van der Waals surface area contributed by atoms with E-state index in [-0.39, 0.29) is 5.69 Å². The first-order valence-corrected chi connectivity index (χ1v) is 8.48. The Hall–Kier alpha value is -2.23. The summed E-state index contributed by atoms with van der Waals surface area (Å²) in [6.45, 7) is 0.677. The SMILES string of the molecule is O=C1[C@@H]2[C@H]3C=C[C@@](C4OCCO4)(O3)[C@H]2C(=O)N1c1cccc(C(F)(F)F)c1. The largest absolute Gasteiger partial charge is 0.416 e. The lowest BCUT2D eigenvalue weighted by Crippen LogP contribution is -2.49. The number of alkyl halides is 3. The van der Waals surface area contributed by atoms with E-state index in [2.05, 4.69) is 0 Å². The summed E-state index contributed by atoms with van der Waals surface area (Å²) < 4.78 is 56.0. The van der Waals surface area contributed by atoms with Gasteiger partial charge in [-0.15, -0.1) is 0 Å². The Morgan fingerprint density at radius 2 is 1.85 bits per heavy atom. The Morgan fingerprint density at radius 1 is 1.11 bits per heavy atom. The molecule has 1 aromatic rings. The lowest BCUT2D eigenvalue weighted by atomic mass is 9.76. The van der Waals surface area contributed by atoms with Gasteiger partial charge in [0.05, 0.1) is 42.4 Å². The van der Waals surface area contributed by atoms with Crippen molar-refractivity contribution in [3.63, 3.8) is 0 Å². The number of benzene rings is 1. The number of imide groups is 1. The average molecular weight is 381 g/mol. The minimum absolute atomic E-state index is 0.1000. The first kappa shape index (κ1) is 16.9. The zero-order valence-corrected chi connectivity index (χ0v) is 13.8. The molecule has 4 aliphatic rings. The van der Waals surface area contributed by atoms with Gasteiger partial charge in [-0.2, -0.15) is 13.2 Å². The number of rotatable bonds is 2. The number of halogens is 3. The predicted molar refractivity (Wildman–Crippen MR) is 83.4 cm³/mol. The summed E-state index contributed by atoms with van der Waals surface area (Å²) >= 11 is 0.